The Labute approximate surface area is 460 Å². The summed E-state index contributed by atoms with van der Waals surface area (Å²) in [6, 6.07) is 10.1. The van der Waals surface area contributed by atoms with Crippen LogP contribution in [0.5, 0.6) is 11.5 Å². The van der Waals surface area contributed by atoms with E-state index in [2.05, 4.69) is 4.99 Å². The predicted molar refractivity (Wildman–Crippen MR) is 283 cm³/mol. The molecule has 7 heterocycles. The number of carbonyl (C=O) groups excluding carboxylic acids is 1. The lowest BCUT2D eigenvalue weighted by atomic mass is 9.59. The Morgan fingerprint density at radius 1 is 0.650 bits per heavy atom. The molecule has 17 unspecified atom stereocenters. The molecule has 6 aliphatic heterocycles. The van der Waals surface area contributed by atoms with Crippen molar-refractivity contribution in [2.24, 2.45) is 4.99 Å². The molecule has 21 heteroatoms. The number of aliphatic hydroxyl groups excluding tert-OH is 3. The van der Waals surface area contributed by atoms with Gasteiger partial charge in [0.25, 0.3) is 0 Å². The Bertz CT molecular complexity index is 3210. The van der Waals surface area contributed by atoms with Gasteiger partial charge in [0.1, 0.15) is 34.9 Å². The molecular weight excluding hydrogens is 1040 g/mol. The zero-order valence-corrected chi connectivity index (χ0v) is 45.5. The summed E-state index contributed by atoms with van der Waals surface area (Å²) in [4.78, 5) is 34.1. The number of Topliss-reactive ketones (excluding diaryl/α,β-unsaturated/α-hetero) is 1. The molecule has 432 valence electrons. The van der Waals surface area contributed by atoms with Crippen molar-refractivity contribution in [3.63, 3.8) is 0 Å². The number of aliphatic imine (C=N–C) groups is 1. The van der Waals surface area contributed by atoms with Gasteiger partial charge in [-0.05, 0) is 85.1 Å². The first-order valence-electron chi connectivity index (χ1n) is 28.1. The maximum Gasteiger partial charge on any atom is 0.344 e. The third-order valence-corrected chi connectivity index (χ3v) is 17.6. The maximum atomic E-state index is 15.1. The molecule has 0 bridgehead atoms. The molecule has 80 heavy (non-hydrogen) atoms. The summed E-state index contributed by atoms with van der Waals surface area (Å²) in [6.45, 7) is 10.4. The Kier molecular flexibility index (Phi) is 14.7. The summed E-state index contributed by atoms with van der Waals surface area (Å²) >= 11 is 0. The van der Waals surface area contributed by atoms with E-state index in [-0.39, 0.29) is 75.3 Å². The summed E-state index contributed by atoms with van der Waals surface area (Å²) in [6.07, 6.45) is -5.40. The lowest BCUT2D eigenvalue weighted by Crippen LogP contribution is -2.67. The summed E-state index contributed by atoms with van der Waals surface area (Å²) < 4.78 is 69.7. The van der Waals surface area contributed by atoms with E-state index in [4.69, 9.17) is 51.8 Å². The summed E-state index contributed by atoms with van der Waals surface area (Å²) in [5, 5.41) is 80.8. The number of phenolic OH excluding ortho intramolecular Hbond substituents is 2. The SMILES string of the molecule is CC1OC(OC2CC(OC3CCC(OC4CC(OC5CCC(O[C@]67C(=O)C[C@](C)(O)C[C@@]6(O)C=Cc6c7c7oc(=O)c(=C8C=Nc9ccccc98)c8ccc(O)c(c6O)c78)OC5C)OC(C)C4O)OC3C)OC(C)C2O)CCC1O. The molecule has 0 radical (unpaired) electrons. The Morgan fingerprint density at radius 3 is 1.86 bits per heavy atom. The molecule has 1 saturated carbocycles. The van der Waals surface area contributed by atoms with E-state index in [1.165, 1.54) is 31.2 Å². The van der Waals surface area contributed by atoms with Gasteiger partial charge in [-0.25, -0.2) is 4.79 Å². The van der Waals surface area contributed by atoms with Crippen LogP contribution in [-0.2, 0) is 57.8 Å². The number of hydrogen-bond acceptors (Lipinski definition) is 21. The molecule has 1 aromatic heterocycles. The van der Waals surface area contributed by atoms with E-state index in [0.717, 1.165) is 0 Å². The third-order valence-electron chi connectivity index (χ3n) is 17.6. The number of phenols is 2. The summed E-state index contributed by atoms with van der Waals surface area (Å²) in [7, 11) is 0. The molecule has 0 spiro atoms. The number of hydrogen-bond donors (Lipinski definition) is 7. The van der Waals surface area contributed by atoms with Gasteiger partial charge in [0.05, 0.1) is 82.9 Å². The van der Waals surface area contributed by atoms with Crippen LogP contribution >= 0.6 is 0 Å². The van der Waals surface area contributed by atoms with E-state index in [0.29, 0.717) is 48.9 Å². The van der Waals surface area contributed by atoms with Gasteiger partial charge >= 0.3 is 5.63 Å². The van der Waals surface area contributed by atoms with Gasteiger partial charge in [-0.15, -0.1) is 0 Å². The topological polar surface area (TPSA) is 294 Å². The third kappa shape index (κ3) is 9.72. The Hall–Kier alpha value is -4.79. The highest BCUT2D eigenvalue weighted by atomic mass is 16.7. The molecule has 7 N–H and O–H groups in total. The second-order valence-corrected chi connectivity index (χ2v) is 23.4. The van der Waals surface area contributed by atoms with Crippen LogP contribution in [-0.4, -0.2) is 164 Å². The number of aliphatic hydroxyl groups is 5. The van der Waals surface area contributed by atoms with Crippen LogP contribution in [0.1, 0.15) is 122 Å². The lowest BCUT2D eigenvalue weighted by Gasteiger charge is -2.54. The largest absolute Gasteiger partial charge is 0.507 e. The van der Waals surface area contributed by atoms with E-state index in [9.17, 15) is 40.5 Å². The van der Waals surface area contributed by atoms with Gasteiger partial charge in [0.2, 0.25) is 0 Å². The van der Waals surface area contributed by atoms with Crippen molar-refractivity contribution >= 4 is 51.1 Å². The van der Waals surface area contributed by atoms with Crippen molar-refractivity contribution in [2.75, 3.05) is 0 Å². The monoisotopic (exact) mass is 1110 g/mol. The van der Waals surface area contributed by atoms with Gasteiger partial charge in [-0.1, -0.05) is 24.3 Å². The molecule has 8 aliphatic rings. The van der Waals surface area contributed by atoms with Crippen molar-refractivity contribution < 1.29 is 92.3 Å². The fraction of sp³-hybridized carbons (Fsp3) is 0.610. The summed E-state index contributed by atoms with van der Waals surface area (Å²) in [5.41, 5.74) is -5.91. The van der Waals surface area contributed by atoms with E-state index >= 15 is 4.79 Å². The standard InChI is InChI=1S/C59H71NO20/c1-26-36(61)13-16-43(70-26)77-40-21-46(73-29(4)52(40)64)75-38-14-17-44(71-27(38)2)78-41-22-47(74-30(5)53(41)65)76-39-15-18-45(72-28(39)3)80-59-42(63)23-57(6,68)25-58(59,69)20-19-33-51(59)55-49-32(11-12-37(62)50(49)54(33)66)48(56(67)79-55)34-24-60-35-10-8-7-9-31(34)35/h7-12,19-20,24,26-30,36,38-41,43-47,52-53,61-62,64-66,68-69H,13-18,21-23,25H2,1-6H3/t26?,27?,28?,29?,30?,36?,38?,39?,40?,41?,43?,44?,45?,46?,47?,52?,53?,57-,58-,59-/m0/s1. The van der Waals surface area contributed by atoms with Crippen LogP contribution in [0.2, 0.25) is 0 Å². The van der Waals surface area contributed by atoms with E-state index in [1.54, 1.807) is 40.0 Å². The zero-order chi connectivity index (χ0) is 56.3. The van der Waals surface area contributed by atoms with E-state index in [1.807, 2.05) is 25.1 Å². The van der Waals surface area contributed by atoms with Gasteiger partial charge < -0.3 is 87.5 Å². The molecule has 20 atom stereocenters. The normalized spacial score (nSPS) is 41.7. The predicted octanol–water partition coefficient (Wildman–Crippen LogP) is 4.54. The first-order chi connectivity index (χ1) is 38.1. The Balaban J connectivity index is 0.742. The lowest BCUT2D eigenvalue weighted by molar-refractivity contribution is -0.335. The zero-order valence-electron chi connectivity index (χ0n) is 45.5. The summed E-state index contributed by atoms with van der Waals surface area (Å²) in [5.74, 6) is -1.56. The van der Waals surface area contributed by atoms with Gasteiger partial charge in [-0.2, -0.15) is 0 Å². The second kappa shape index (κ2) is 21.1. The highest BCUT2D eigenvalue weighted by Crippen LogP contribution is 2.58. The van der Waals surface area contributed by atoms with Gasteiger partial charge in [-0.3, -0.25) is 9.79 Å². The van der Waals surface area contributed by atoms with Crippen LogP contribution in [0, 0.1) is 0 Å². The van der Waals surface area contributed by atoms with Gasteiger partial charge in [0, 0.05) is 84.2 Å². The minimum atomic E-state index is -2.43. The number of ether oxygens (including phenoxy) is 10. The van der Waals surface area contributed by atoms with Crippen molar-refractivity contribution in [1.82, 2.24) is 0 Å². The molecular formula is C59H71NO20. The molecule has 3 aromatic carbocycles. The first-order valence-corrected chi connectivity index (χ1v) is 28.1. The minimum Gasteiger partial charge on any atom is -0.507 e. The molecule has 4 aromatic rings. The van der Waals surface area contributed by atoms with E-state index < -0.39 is 139 Å². The smallest absolute Gasteiger partial charge is 0.344 e. The molecule has 0 amide bonds. The van der Waals surface area contributed by atoms with Crippen LogP contribution in [0.4, 0.5) is 5.69 Å². The number of carbonyl (C=O) groups is 1. The fourth-order valence-corrected chi connectivity index (χ4v) is 13.5. The highest BCUT2D eigenvalue weighted by Gasteiger charge is 2.67. The first kappa shape index (κ1) is 55.7. The fourth-order valence-electron chi connectivity index (χ4n) is 13.5. The Morgan fingerprint density at radius 2 is 1.23 bits per heavy atom. The number of rotatable bonds is 10. The van der Waals surface area contributed by atoms with Gasteiger partial charge in [0.15, 0.2) is 42.8 Å². The number of nitrogens with zero attached hydrogens (tertiary/aromatic N) is 1. The maximum absolute atomic E-state index is 15.1. The average Bonchev–Trinajstić information content (AvgIpc) is 1.14. The van der Waals surface area contributed by atoms with Crippen LogP contribution in [0.15, 0.2) is 56.7 Å². The second-order valence-electron chi connectivity index (χ2n) is 23.4. The minimum absolute atomic E-state index is 0.0430. The molecule has 12 rings (SSSR count). The number of para-hydroxylation sites is 1. The number of benzene rings is 3. The van der Waals surface area contributed by atoms with Crippen molar-refractivity contribution in [2.45, 2.75) is 227 Å². The molecule has 2 aliphatic carbocycles. The molecule has 6 fully saturated rings. The quantitative estimate of drug-likeness (QED) is 0.107. The van der Waals surface area contributed by atoms with Crippen LogP contribution in [0.3, 0.4) is 0 Å². The van der Waals surface area contributed by atoms with Crippen molar-refractivity contribution in [3.8, 4) is 11.5 Å². The number of aromatic hydroxyl groups is 2. The highest BCUT2D eigenvalue weighted by molar-refractivity contribution is 6.21. The average molecular weight is 1110 g/mol. The number of fused-ring (bicyclic) bond motifs is 5. The molecule has 21 nitrogen and oxygen atoms in total. The van der Waals surface area contributed by atoms with Crippen molar-refractivity contribution in [1.29, 1.82) is 0 Å². The van der Waals surface area contributed by atoms with Crippen molar-refractivity contribution in [3.05, 3.63) is 74.8 Å². The van der Waals surface area contributed by atoms with Crippen LogP contribution in [0.25, 0.3) is 33.4 Å². The number of ketones is 1. The van der Waals surface area contributed by atoms with Crippen LogP contribution < -0.4 is 10.8 Å². The molecule has 5 saturated heterocycles.